The van der Waals surface area contributed by atoms with Crippen molar-refractivity contribution in [2.75, 3.05) is 12.9 Å². The van der Waals surface area contributed by atoms with Gasteiger partial charge < -0.3 is 9.84 Å². The van der Waals surface area contributed by atoms with Gasteiger partial charge in [0.05, 0.1) is 35.3 Å². The average molecular weight is 371 g/mol. The molecule has 0 saturated heterocycles. The summed E-state index contributed by atoms with van der Waals surface area (Å²) in [6.07, 6.45) is 4.33. The minimum atomic E-state index is -1.44. The molecular weight excluding hydrogens is 356 g/mol. The summed E-state index contributed by atoms with van der Waals surface area (Å²) in [6, 6.07) is 4.62. The number of amides is 1. The second kappa shape index (κ2) is 8.46. The Labute approximate surface area is 145 Å². The van der Waals surface area contributed by atoms with Gasteiger partial charge in [-0.05, 0) is 23.8 Å². The van der Waals surface area contributed by atoms with Gasteiger partial charge in [-0.25, -0.2) is 5.43 Å². The van der Waals surface area contributed by atoms with E-state index in [4.69, 9.17) is 16.3 Å². The van der Waals surface area contributed by atoms with E-state index in [-0.39, 0.29) is 17.4 Å². The van der Waals surface area contributed by atoms with Crippen molar-refractivity contribution in [2.45, 2.75) is 5.88 Å². The number of hydrazone groups is 1. The number of aromatic hydroxyl groups is 1. The van der Waals surface area contributed by atoms with Crippen molar-refractivity contribution in [3.63, 3.8) is 0 Å². The van der Waals surface area contributed by atoms with Gasteiger partial charge in [-0.3, -0.25) is 13.7 Å². The monoisotopic (exact) mass is 370 g/mol. The van der Waals surface area contributed by atoms with Crippen molar-refractivity contribution in [2.24, 2.45) is 5.10 Å². The van der Waals surface area contributed by atoms with E-state index in [9.17, 15) is 14.1 Å². The van der Waals surface area contributed by atoms with Gasteiger partial charge in [0.15, 0.2) is 11.5 Å². The molecular formula is C14H15ClN4O4S. The number of phenols is 1. The third kappa shape index (κ3) is 5.36. The molecule has 0 unspecified atom stereocenters. The normalized spacial score (nSPS) is 12.2. The first-order valence-corrected chi connectivity index (χ1v) is 8.56. The summed E-state index contributed by atoms with van der Waals surface area (Å²) < 4.78 is 18.2. The van der Waals surface area contributed by atoms with E-state index >= 15 is 0 Å². The summed E-state index contributed by atoms with van der Waals surface area (Å²) in [7, 11) is -0.0107. The van der Waals surface area contributed by atoms with Crippen LogP contribution in [0, 0.1) is 0 Å². The third-order valence-electron chi connectivity index (χ3n) is 2.78. The van der Waals surface area contributed by atoms with Crippen molar-refractivity contribution in [3.8, 4) is 11.5 Å². The quantitative estimate of drug-likeness (QED) is 0.561. The lowest BCUT2D eigenvalue weighted by Crippen LogP contribution is -2.25. The molecule has 128 valence electrons. The van der Waals surface area contributed by atoms with E-state index in [1.165, 1.54) is 36.5 Å². The van der Waals surface area contributed by atoms with Gasteiger partial charge in [-0.2, -0.15) is 10.2 Å². The molecule has 1 aromatic carbocycles. The van der Waals surface area contributed by atoms with Gasteiger partial charge in [-0.1, -0.05) is 11.6 Å². The van der Waals surface area contributed by atoms with Crippen LogP contribution in [0.2, 0.25) is 5.02 Å². The van der Waals surface area contributed by atoms with Crippen LogP contribution in [-0.2, 0) is 21.5 Å². The van der Waals surface area contributed by atoms with Gasteiger partial charge in [0, 0.05) is 6.20 Å². The Bertz CT molecular complexity index is 778. The molecule has 0 aliphatic carbocycles. The number of carbonyl (C=O) groups is 1. The largest absolute Gasteiger partial charge is 0.504 e. The molecule has 0 aliphatic rings. The number of hydrogen-bond donors (Lipinski definition) is 2. The highest BCUT2D eigenvalue weighted by Gasteiger charge is 2.09. The number of nitrogens with zero attached hydrogens (tertiary/aromatic N) is 3. The predicted molar refractivity (Wildman–Crippen MR) is 90.6 cm³/mol. The molecule has 0 aliphatic heterocycles. The van der Waals surface area contributed by atoms with Crippen LogP contribution in [0.5, 0.6) is 11.5 Å². The highest BCUT2D eigenvalue weighted by molar-refractivity contribution is 7.84. The third-order valence-corrected chi connectivity index (χ3v) is 4.11. The zero-order valence-corrected chi connectivity index (χ0v) is 14.3. The standard InChI is InChI=1S/C14H15ClN4O4S/c1-23-13-4-10(2-3-12(13)20)5-16-18-14(21)8-24(22)9-19-7-11(15)6-17-19/h2-7,20H,8-9H2,1H3,(H,18,21)/b16-5-/t24-/m1/s1. The first-order valence-electron chi connectivity index (χ1n) is 6.70. The van der Waals surface area contributed by atoms with Crippen molar-refractivity contribution >= 4 is 34.5 Å². The van der Waals surface area contributed by atoms with Crippen LogP contribution in [-0.4, -0.2) is 44.1 Å². The van der Waals surface area contributed by atoms with Crippen LogP contribution in [0.3, 0.4) is 0 Å². The number of nitrogens with one attached hydrogen (secondary N) is 1. The van der Waals surface area contributed by atoms with Gasteiger partial charge >= 0.3 is 0 Å². The fourth-order valence-corrected chi connectivity index (χ4v) is 2.77. The second-order valence-corrected chi connectivity index (χ2v) is 6.50. The van der Waals surface area contributed by atoms with Crippen molar-refractivity contribution in [3.05, 3.63) is 41.2 Å². The van der Waals surface area contributed by atoms with Gasteiger partial charge in [-0.15, -0.1) is 0 Å². The molecule has 1 heterocycles. The number of phenolic OH excluding ortho intramolecular Hbond substituents is 1. The van der Waals surface area contributed by atoms with Crippen molar-refractivity contribution in [1.82, 2.24) is 15.2 Å². The second-order valence-electron chi connectivity index (χ2n) is 4.64. The molecule has 0 radical (unpaired) electrons. The molecule has 0 fully saturated rings. The van der Waals surface area contributed by atoms with E-state index < -0.39 is 16.7 Å². The molecule has 8 nitrogen and oxygen atoms in total. The van der Waals surface area contributed by atoms with E-state index in [1.54, 1.807) is 12.1 Å². The first-order chi connectivity index (χ1) is 11.5. The molecule has 10 heteroatoms. The minimum absolute atomic E-state index is 0.00723. The van der Waals surface area contributed by atoms with Crippen molar-refractivity contribution in [1.29, 1.82) is 0 Å². The van der Waals surface area contributed by atoms with E-state index in [0.29, 0.717) is 16.3 Å². The summed E-state index contributed by atoms with van der Waals surface area (Å²) in [5.41, 5.74) is 2.91. The van der Waals surface area contributed by atoms with Crippen molar-refractivity contribution < 1.29 is 18.8 Å². The lowest BCUT2D eigenvalue weighted by molar-refractivity contribution is -0.118. The van der Waals surface area contributed by atoms with Gasteiger partial charge in [0.25, 0.3) is 5.91 Å². The van der Waals surface area contributed by atoms with E-state index in [2.05, 4.69) is 15.6 Å². The number of hydrogen-bond acceptors (Lipinski definition) is 6. The van der Waals surface area contributed by atoms with Gasteiger partial charge in [0.2, 0.25) is 0 Å². The smallest absolute Gasteiger partial charge is 0.252 e. The van der Waals surface area contributed by atoms with Crippen LogP contribution >= 0.6 is 11.6 Å². The molecule has 2 N–H and O–H groups in total. The molecule has 2 aromatic rings. The highest BCUT2D eigenvalue weighted by Crippen LogP contribution is 2.25. The zero-order valence-electron chi connectivity index (χ0n) is 12.7. The Morgan fingerprint density at radius 3 is 3.04 bits per heavy atom. The number of methoxy groups -OCH3 is 1. The maximum absolute atomic E-state index is 11.8. The molecule has 1 atom stereocenters. The SMILES string of the molecule is COc1cc(/C=N\NC(=O)C[S@@](=O)Cn2cc(Cl)cn2)ccc1O. The molecule has 24 heavy (non-hydrogen) atoms. The minimum Gasteiger partial charge on any atom is -0.504 e. The van der Waals surface area contributed by atoms with Crippen LogP contribution in [0.15, 0.2) is 35.7 Å². The average Bonchev–Trinajstić information content (AvgIpc) is 2.93. The topological polar surface area (TPSA) is 106 Å². The number of carbonyl (C=O) groups excluding carboxylic acids is 1. The Morgan fingerprint density at radius 2 is 2.38 bits per heavy atom. The maximum Gasteiger partial charge on any atom is 0.252 e. The number of aromatic nitrogens is 2. The summed E-state index contributed by atoms with van der Waals surface area (Å²) in [5, 5.41) is 17.6. The summed E-state index contributed by atoms with van der Waals surface area (Å²) >= 11 is 5.70. The van der Waals surface area contributed by atoms with E-state index in [0.717, 1.165) is 0 Å². The molecule has 0 spiro atoms. The first kappa shape index (κ1) is 18.0. The fraction of sp³-hybridized carbons (Fsp3) is 0.214. The Kier molecular flexibility index (Phi) is 6.33. The molecule has 1 aromatic heterocycles. The number of rotatable bonds is 7. The summed E-state index contributed by atoms with van der Waals surface area (Å²) in [4.78, 5) is 11.7. The molecule has 2 rings (SSSR count). The molecule has 0 saturated carbocycles. The number of halogens is 1. The van der Waals surface area contributed by atoms with E-state index in [1.807, 2.05) is 0 Å². The van der Waals surface area contributed by atoms with Gasteiger partial charge in [0.1, 0.15) is 11.6 Å². The maximum atomic E-state index is 11.8. The van der Waals surface area contributed by atoms with Crippen LogP contribution in [0.1, 0.15) is 5.56 Å². The number of benzene rings is 1. The predicted octanol–water partition coefficient (Wildman–Crippen LogP) is 1.11. The lowest BCUT2D eigenvalue weighted by Gasteiger charge is -2.04. The Balaban J connectivity index is 1.83. The van der Waals surface area contributed by atoms with Crippen LogP contribution < -0.4 is 10.2 Å². The van der Waals surface area contributed by atoms with Crippen LogP contribution in [0.4, 0.5) is 0 Å². The van der Waals surface area contributed by atoms with Crippen LogP contribution in [0.25, 0.3) is 0 Å². The molecule has 0 bridgehead atoms. The lowest BCUT2D eigenvalue weighted by atomic mass is 10.2. The highest BCUT2D eigenvalue weighted by atomic mass is 35.5. The summed E-state index contributed by atoms with van der Waals surface area (Å²) in [6.45, 7) is 0. The summed E-state index contributed by atoms with van der Waals surface area (Å²) in [5.74, 6) is -0.335. The molecule has 1 amide bonds. The Hall–Kier alpha value is -2.39. The number of ether oxygens (including phenoxy) is 1. The Morgan fingerprint density at radius 1 is 1.58 bits per heavy atom. The zero-order chi connectivity index (χ0) is 17.5. The fourth-order valence-electron chi connectivity index (χ4n) is 1.73.